The molecule has 1 aromatic heterocycles. The first-order chi connectivity index (χ1) is 6.11. The molecule has 13 heavy (non-hydrogen) atoms. The maximum Gasteiger partial charge on any atom is 0.176 e. The van der Waals surface area contributed by atoms with Crippen LogP contribution in [0.4, 0.5) is 0 Å². The van der Waals surface area contributed by atoms with Gasteiger partial charge >= 0.3 is 0 Å². The van der Waals surface area contributed by atoms with E-state index in [4.69, 9.17) is 0 Å². The van der Waals surface area contributed by atoms with E-state index < -0.39 is 0 Å². The lowest BCUT2D eigenvalue weighted by Gasteiger charge is -2.04. The van der Waals surface area contributed by atoms with E-state index >= 15 is 0 Å². The van der Waals surface area contributed by atoms with Crippen molar-refractivity contribution >= 4 is 11.6 Å². The minimum atomic E-state index is 0.0357. The smallest absolute Gasteiger partial charge is 0.176 e. The molecular weight excluding hydrogens is 166 g/mol. The molecule has 70 valence electrons. The van der Waals surface area contributed by atoms with Gasteiger partial charge in [-0.15, -0.1) is 0 Å². The largest absolute Gasteiger partial charge is 0.345 e. The Bertz CT molecular complexity index is 325. The van der Waals surface area contributed by atoms with E-state index in [1.54, 1.807) is 13.0 Å². The van der Waals surface area contributed by atoms with E-state index in [2.05, 4.69) is 0 Å². The van der Waals surface area contributed by atoms with Crippen LogP contribution >= 0.6 is 0 Å². The molecule has 0 spiro atoms. The summed E-state index contributed by atoms with van der Waals surface area (Å²) in [6, 6.07) is 3.58. The minimum Gasteiger partial charge on any atom is -0.345 e. The number of carbonyl (C=O) groups excluding carboxylic acids is 2. The lowest BCUT2D eigenvalue weighted by molar-refractivity contribution is -0.117. The fraction of sp³-hybridized carbons (Fsp3) is 0.400. The number of aromatic nitrogens is 1. The van der Waals surface area contributed by atoms with Crippen molar-refractivity contribution < 1.29 is 9.59 Å². The average molecular weight is 179 g/mol. The Morgan fingerprint density at radius 1 is 1.38 bits per heavy atom. The van der Waals surface area contributed by atoms with E-state index in [9.17, 15) is 9.59 Å². The highest BCUT2D eigenvalue weighted by Gasteiger charge is 2.05. The molecule has 1 aromatic rings. The van der Waals surface area contributed by atoms with Crippen molar-refractivity contribution in [3.8, 4) is 0 Å². The third-order valence-corrected chi connectivity index (χ3v) is 1.90. The summed E-state index contributed by atoms with van der Waals surface area (Å²) in [4.78, 5) is 21.8. The zero-order valence-corrected chi connectivity index (χ0v) is 7.91. The van der Waals surface area contributed by atoms with Gasteiger partial charge in [-0.1, -0.05) is 0 Å². The molecule has 0 saturated carbocycles. The third-order valence-electron chi connectivity index (χ3n) is 1.90. The van der Waals surface area contributed by atoms with Crippen LogP contribution in [-0.2, 0) is 11.3 Å². The van der Waals surface area contributed by atoms with Crippen molar-refractivity contribution in [3.63, 3.8) is 0 Å². The van der Waals surface area contributed by atoms with Crippen LogP contribution in [-0.4, -0.2) is 16.1 Å². The number of Topliss-reactive ketones (excluding diaryl/α,β-unsaturated/α-hetero) is 2. The second-order valence-electron chi connectivity index (χ2n) is 3.10. The molecule has 0 atom stereocenters. The van der Waals surface area contributed by atoms with E-state index in [-0.39, 0.29) is 11.6 Å². The fourth-order valence-electron chi connectivity index (χ4n) is 1.21. The lowest BCUT2D eigenvalue weighted by atomic mass is 10.3. The Hall–Kier alpha value is -1.38. The lowest BCUT2D eigenvalue weighted by Crippen LogP contribution is -2.07. The summed E-state index contributed by atoms with van der Waals surface area (Å²) in [6.07, 6.45) is 2.30. The Kier molecular flexibility index (Phi) is 3.01. The summed E-state index contributed by atoms with van der Waals surface area (Å²) in [5.74, 6) is 0.178. The Balaban J connectivity index is 2.71. The van der Waals surface area contributed by atoms with Crippen LogP contribution in [0.25, 0.3) is 0 Å². The van der Waals surface area contributed by atoms with Crippen molar-refractivity contribution in [3.05, 3.63) is 24.0 Å². The average Bonchev–Trinajstić information content (AvgIpc) is 2.47. The van der Waals surface area contributed by atoms with Gasteiger partial charge in [0.15, 0.2) is 5.78 Å². The van der Waals surface area contributed by atoms with Gasteiger partial charge in [-0.25, -0.2) is 0 Å². The fourth-order valence-corrected chi connectivity index (χ4v) is 1.21. The first kappa shape index (κ1) is 9.71. The number of aryl methyl sites for hydroxylation is 1. The van der Waals surface area contributed by atoms with Gasteiger partial charge in [0.2, 0.25) is 0 Å². The van der Waals surface area contributed by atoms with Crippen LogP contribution in [0.1, 0.15) is 30.8 Å². The second kappa shape index (κ2) is 4.03. The summed E-state index contributed by atoms with van der Waals surface area (Å²) in [5.41, 5.74) is 0.668. The highest BCUT2D eigenvalue weighted by Crippen LogP contribution is 2.04. The molecule has 0 radical (unpaired) electrons. The van der Waals surface area contributed by atoms with Gasteiger partial charge in [0.1, 0.15) is 5.78 Å². The van der Waals surface area contributed by atoms with Crippen LogP contribution in [0.5, 0.6) is 0 Å². The van der Waals surface area contributed by atoms with Crippen LogP contribution in [0.15, 0.2) is 18.3 Å². The van der Waals surface area contributed by atoms with Gasteiger partial charge in [0.25, 0.3) is 0 Å². The maximum atomic E-state index is 11.1. The SMILES string of the molecule is CC(=O)CCn1cccc1C(C)=O. The number of ketones is 2. The summed E-state index contributed by atoms with van der Waals surface area (Å²) in [5, 5.41) is 0. The summed E-state index contributed by atoms with van der Waals surface area (Å²) < 4.78 is 1.81. The highest BCUT2D eigenvalue weighted by atomic mass is 16.1. The Morgan fingerprint density at radius 2 is 2.08 bits per heavy atom. The molecular formula is C10H13NO2. The molecule has 3 nitrogen and oxygen atoms in total. The van der Waals surface area contributed by atoms with E-state index in [0.29, 0.717) is 18.7 Å². The summed E-state index contributed by atoms with van der Waals surface area (Å²) in [7, 11) is 0. The third kappa shape index (κ3) is 2.54. The second-order valence-corrected chi connectivity index (χ2v) is 3.10. The first-order valence-electron chi connectivity index (χ1n) is 4.27. The number of hydrogen-bond donors (Lipinski definition) is 0. The van der Waals surface area contributed by atoms with Crippen LogP contribution in [0.3, 0.4) is 0 Å². The molecule has 0 unspecified atom stereocenters. The molecule has 0 aliphatic heterocycles. The number of hydrogen-bond acceptors (Lipinski definition) is 2. The molecule has 1 rings (SSSR count). The summed E-state index contributed by atoms with van der Waals surface area (Å²) >= 11 is 0. The van der Waals surface area contributed by atoms with E-state index in [1.807, 2.05) is 16.8 Å². The molecule has 0 saturated heterocycles. The number of rotatable bonds is 4. The zero-order chi connectivity index (χ0) is 9.84. The van der Waals surface area contributed by atoms with Crippen molar-refractivity contribution in [2.45, 2.75) is 26.8 Å². The Morgan fingerprint density at radius 3 is 2.62 bits per heavy atom. The van der Waals surface area contributed by atoms with Crippen LogP contribution in [0, 0.1) is 0 Å². The molecule has 0 aliphatic rings. The Labute approximate surface area is 77.4 Å². The first-order valence-corrected chi connectivity index (χ1v) is 4.27. The van der Waals surface area contributed by atoms with Crippen molar-refractivity contribution in [2.75, 3.05) is 0 Å². The standard InChI is InChI=1S/C10H13NO2/c1-8(12)5-7-11-6-3-4-10(11)9(2)13/h3-4,6H,5,7H2,1-2H3. The highest BCUT2D eigenvalue weighted by molar-refractivity contribution is 5.92. The predicted molar refractivity (Wildman–Crippen MR) is 49.7 cm³/mol. The quantitative estimate of drug-likeness (QED) is 0.659. The normalized spacial score (nSPS) is 10.0. The zero-order valence-electron chi connectivity index (χ0n) is 7.91. The van der Waals surface area contributed by atoms with Gasteiger partial charge in [-0.3, -0.25) is 9.59 Å². The molecule has 0 aromatic carbocycles. The van der Waals surface area contributed by atoms with Gasteiger partial charge < -0.3 is 4.57 Å². The van der Waals surface area contributed by atoms with E-state index in [1.165, 1.54) is 6.92 Å². The molecule has 0 amide bonds. The molecule has 0 fully saturated rings. The molecule has 0 bridgehead atoms. The van der Waals surface area contributed by atoms with Crippen molar-refractivity contribution in [2.24, 2.45) is 0 Å². The predicted octanol–water partition coefficient (Wildman–Crippen LogP) is 1.67. The molecule has 0 N–H and O–H groups in total. The van der Waals surface area contributed by atoms with Crippen LogP contribution < -0.4 is 0 Å². The topological polar surface area (TPSA) is 39.1 Å². The molecule has 0 aliphatic carbocycles. The molecule has 3 heteroatoms. The maximum absolute atomic E-state index is 11.1. The van der Waals surface area contributed by atoms with Gasteiger partial charge in [-0.2, -0.15) is 0 Å². The summed E-state index contributed by atoms with van der Waals surface area (Å²) in [6.45, 7) is 3.67. The number of nitrogens with zero attached hydrogens (tertiary/aromatic N) is 1. The monoisotopic (exact) mass is 179 g/mol. The van der Waals surface area contributed by atoms with Crippen molar-refractivity contribution in [1.82, 2.24) is 4.57 Å². The number of carbonyl (C=O) groups is 2. The molecule has 1 heterocycles. The minimum absolute atomic E-state index is 0.0357. The van der Waals surface area contributed by atoms with Crippen LogP contribution in [0.2, 0.25) is 0 Å². The van der Waals surface area contributed by atoms with Crippen molar-refractivity contribution in [1.29, 1.82) is 0 Å². The van der Waals surface area contributed by atoms with Gasteiger partial charge in [0.05, 0.1) is 5.69 Å². The van der Waals surface area contributed by atoms with Gasteiger partial charge in [-0.05, 0) is 19.1 Å². The van der Waals surface area contributed by atoms with E-state index in [0.717, 1.165) is 0 Å². The van der Waals surface area contributed by atoms with Gasteiger partial charge in [0, 0.05) is 26.1 Å².